The van der Waals surface area contributed by atoms with Gasteiger partial charge in [-0.25, -0.2) is 0 Å². The molecule has 198 valence electrons. The van der Waals surface area contributed by atoms with Gasteiger partial charge >= 0.3 is 0 Å². The Morgan fingerprint density at radius 1 is 0.722 bits per heavy atom. The molecule has 0 radical (unpaired) electrons. The summed E-state index contributed by atoms with van der Waals surface area (Å²) in [7, 11) is 0. The quantitative estimate of drug-likeness (QED) is 0.343. The number of ether oxygens (including phenoxy) is 4. The highest BCUT2D eigenvalue weighted by molar-refractivity contribution is 5.79. The average Bonchev–Trinajstić information content (AvgIpc) is 3.34. The van der Waals surface area contributed by atoms with E-state index in [1.807, 2.05) is 64.1 Å². The second-order valence-corrected chi connectivity index (χ2v) is 9.21. The molecule has 1 saturated heterocycles. The van der Waals surface area contributed by atoms with Crippen LogP contribution in [0.2, 0.25) is 0 Å². The zero-order valence-corrected chi connectivity index (χ0v) is 22.1. The molecule has 7 nitrogen and oxygen atoms in total. The van der Waals surface area contributed by atoms with Gasteiger partial charge in [-0.05, 0) is 67.5 Å². The molecule has 36 heavy (non-hydrogen) atoms. The number of carbonyl (C=O) groups is 1. The minimum atomic E-state index is -1.56. The van der Waals surface area contributed by atoms with Crippen molar-refractivity contribution in [2.75, 3.05) is 26.4 Å². The van der Waals surface area contributed by atoms with E-state index in [-0.39, 0.29) is 5.91 Å². The van der Waals surface area contributed by atoms with Crippen LogP contribution < -0.4 is 24.3 Å². The number of aliphatic hydroxyl groups is 1. The van der Waals surface area contributed by atoms with Crippen molar-refractivity contribution in [3.05, 3.63) is 47.5 Å². The maximum Gasteiger partial charge on any atom is 0.220 e. The third-order valence-corrected chi connectivity index (χ3v) is 6.03. The zero-order chi connectivity index (χ0) is 26.0. The van der Waals surface area contributed by atoms with Gasteiger partial charge in [0, 0.05) is 18.6 Å². The number of amides is 1. The van der Waals surface area contributed by atoms with Gasteiger partial charge < -0.3 is 29.4 Å². The van der Waals surface area contributed by atoms with Gasteiger partial charge in [-0.2, -0.15) is 0 Å². The zero-order valence-electron chi connectivity index (χ0n) is 22.1. The normalized spacial score (nSPS) is 15.5. The van der Waals surface area contributed by atoms with Crippen molar-refractivity contribution in [1.29, 1.82) is 0 Å². The molecule has 2 N–H and O–H groups in total. The Morgan fingerprint density at radius 3 is 1.36 bits per heavy atom. The van der Waals surface area contributed by atoms with Gasteiger partial charge in [0.15, 0.2) is 0 Å². The van der Waals surface area contributed by atoms with E-state index < -0.39 is 11.6 Å². The molecule has 1 amide bonds. The molecule has 0 unspecified atom stereocenters. The predicted octanol–water partition coefficient (Wildman–Crippen LogP) is 5.36. The summed E-state index contributed by atoms with van der Waals surface area (Å²) in [5.41, 5.74) is -0.384. The minimum Gasteiger partial charge on any atom is -0.493 e. The summed E-state index contributed by atoms with van der Waals surface area (Å²) < 4.78 is 23.8. The molecular weight excluding hydrogens is 458 g/mol. The number of benzene rings is 2. The fourth-order valence-electron chi connectivity index (χ4n) is 4.29. The van der Waals surface area contributed by atoms with Crippen LogP contribution in [-0.4, -0.2) is 43.5 Å². The molecule has 1 aliphatic heterocycles. The lowest BCUT2D eigenvalue weighted by Gasteiger charge is -2.36. The summed E-state index contributed by atoms with van der Waals surface area (Å²) in [6.45, 7) is 10.4. The standard InChI is InChI=1S/C29H41NO6/c1-5-11-33-23-15-21(16-24(19-23)34-12-6-2)29(32,27-9-10-28(31)30-27)22-17-25(35-13-7-3)20-26(18-22)36-14-8-4/h15-20,27,32H,5-14H2,1-4H3,(H,30,31)/t27-/m0/s1. The van der Waals surface area contributed by atoms with E-state index in [0.717, 1.165) is 25.7 Å². The number of hydrogen-bond acceptors (Lipinski definition) is 6. The monoisotopic (exact) mass is 499 g/mol. The lowest BCUT2D eigenvalue weighted by molar-refractivity contribution is -0.120. The highest BCUT2D eigenvalue weighted by Crippen LogP contribution is 2.42. The van der Waals surface area contributed by atoms with Gasteiger partial charge in [0.2, 0.25) is 5.91 Å². The second kappa shape index (κ2) is 13.4. The Labute approximate surface area is 215 Å². The van der Waals surface area contributed by atoms with Crippen LogP contribution in [0, 0.1) is 0 Å². The van der Waals surface area contributed by atoms with E-state index in [9.17, 15) is 9.90 Å². The molecule has 1 aliphatic rings. The second-order valence-electron chi connectivity index (χ2n) is 9.21. The number of hydrogen-bond donors (Lipinski definition) is 2. The van der Waals surface area contributed by atoms with Gasteiger partial charge in [0.05, 0.1) is 32.5 Å². The SMILES string of the molecule is CCCOc1cc(OCCC)cc(C(O)(c2cc(OCCC)cc(OCCC)c2)[C@@H]2CCC(=O)N2)c1. The predicted molar refractivity (Wildman–Crippen MR) is 140 cm³/mol. The van der Waals surface area contributed by atoms with E-state index >= 15 is 0 Å². The van der Waals surface area contributed by atoms with Gasteiger partial charge in [-0.3, -0.25) is 4.79 Å². The first kappa shape index (κ1) is 27.7. The van der Waals surface area contributed by atoms with Crippen LogP contribution >= 0.6 is 0 Å². The lowest BCUT2D eigenvalue weighted by Crippen LogP contribution is -2.47. The molecule has 0 aliphatic carbocycles. The van der Waals surface area contributed by atoms with Gasteiger partial charge in [-0.1, -0.05) is 27.7 Å². The van der Waals surface area contributed by atoms with E-state index in [2.05, 4.69) is 5.32 Å². The summed E-state index contributed by atoms with van der Waals surface area (Å²) in [5, 5.41) is 15.5. The molecule has 2 aromatic carbocycles. The summed E-state index contributed by atoms with van der Waals surface area (Å²) >= 11 is 0. The van der Waals surface area contributed by atoms with Crippen LogP contribution in [-0.2, 0) is 10.4 Å². The highest BCUT2D eigenvalue weighted by atomic mass is 16.5. The van der Waals surface area contributed by atoms with Crippen molar-refractivity contribution in [2.45, 2.75) is 77.9 Å². The van der Waals surface area contributed by atoms with Crippen molar-refractivity contribution >= 4 is 5.91 Å². The third kappa shape index (κ3) is 6.84. The molecule has 0 saturated carbocycles. The fraction of sp³-hybridized carbons (Fsp3) is 0.552. The van der Waals surface area contributed by atoms with Gasteiger partial charge in [0.25, 0.3) is 0 Å². The van der Waals surface area contributed by atoms with Crippen LogP contribution in [0.15, 0.2) is 36.4 Å². The van der Waals surface area contributed by atoms with Crippen LogP contribution in [0.4, 0.5) is 0 Å². The summed E-state index contributed by atoms with van der Waals surface area (Å²) in [5.74, 6) is 2.38. The Morgan fingerprint density at radius 2 is 1.08 bits per heavy atom. The Bertz CT molecular complexity index is 876. The van der Waals surface area contributed by atoms with E-state index in [0.29, 0.717) is 73.4 Å². The van der Waals surface area contributed by atoms with Crippen molar-refractivity contribution in [3.8, 4) is 23.0 Å². The molecule has 0 aromatic heterocycles. The molecule has 1 fully saturated rings. The van der Waals surface area contributed by atoms with Crippen LogP contribution in [0.1, 0.15) is 77.3 Å². The lowest BCUT2D eigenvalue weighted by atomic mass is 9.79. The molecule has 7 heteroatoms. The van der Waals surface area contributed by atoms with Crippen molar-refractivity contribution in [2.24, 2.45) is 0 Å². The summed E-state index contributed by atoms with van der Waals surface area (Å²) in [6.07, 6.45) is 4.26. The first-order valence-electron chi connectivity index (χ1n) is 13.3. The fourth-order valence-corrected chi connectivity index (χ4v) is 4.29. The maximum absolute atomic E-state index is 12.5. The Balaban J connectivity index is 2.17. The van der Waals surface area contributed by atoms with Gasteiger partial charge in [0.1, 0.15) is 28.6 Å². The van der Waals surface area contributed by atoms with Crippen molar-refractivity contribution in [3.63, 3.8) is 0 Å². The van der Waals surface area contributed by atoms with Crippen molar-refractivity contribution < 1.29 is 28.8 Å². The molecule has 1 atom stereocenters. The molecule has 2 aromatic rings. The maximum atomic E-state index is 12.5. The third-order valence-electron chi connectivity index (χ3n) is 6.03. The molecule has 0 bridgehead atoms. The topological polar surface area (TPSA) is 86.2 Å². The Hall–Kier alpha value is -2.93. The van der Waals surface area contributed by atoms with Crippen molar-refractivity contribution in [1.82, 2.24) is 5.32 Å². The number of nitrogens with one attached hydrogen (secondary N) is 1. The van der Waals surface area contributed by atoms with Gasteiger partial charge in [-0.15, -0.1) is 0 Å². The number of carbonyl (C=O) groups excluding carboxylic acids is 1. The van der Waals surface area contributed by atoms with E-state index in [4.69, 9.17) is 18.9 Å². The Kier molecular flexibility index (Phi) is 10.3. The minimum absolute atomic E-state index is 0.0832. The molecule has 3 rings (SSSR count). The molecule has 0 spiro atoms. The van der Waals surface area contributed by atoms with E-state index in [1.54, 1.807) is 0 Å². The van der Waals surface area contributed by atoms with Crippen LogP contribution in [0.25, 0.3) is 0 Å². The largest absolute Gasteiger partial charge is 0.493 e. The summed E-state index contributed by atoms with van der Waals surface area (Å²) in [6, 6.07) is 10.5. The average molecular weight is 500 g/mol. The van der Waals surface area contributed by atoms with Crippen LogP contribution in [0.5, 0.6) is 23.0 Å². The molecule has 1 heterocycles. The summed E-state index contributed by atoms with van der Waals surface area (Å²) in [4.78, 5) is 12.3. The van der Waals surface area contributed by atoms with Crippen LogP contribution in [0.3, 0.4) is 0 Å². The number of rotatable bonds is 15. The first-order valence-corrected chi connectivity index (χ1v) is 13.3. The van der Waals surface area contributed by atoms with E-state index in [1.165, 1.54) is 0 Å². The smallest absolute Gasteiger partial charge is 0.220 e. The molecular formula is C29H41NO6. The first-order chi connectivity index (χ1) is 17.4. The highest BCUT2D eigenvalue weighted by Gasteiger charge is 2.45.